The number of amides is 1. The van der Waals surface area contributed by atoms with E-state index in [2.05, 4.69) is 20.1 Å². The van der Waals surface area contributed by atoms with Crippen molar-refractivity contribution in [2.75, 3.05) is 20.3 Å². The lowest BCUT2D eigenvalue weighted by Crippen LogP contribution is -2.30. The molecule has 9 heteroatoms. The van der Waals surface area contributed by atoms with E-state index in [9.17, 15) is 4.79 Å². The lowest BCUT2D eigenvalue weighted by molar-refractivity contribution is -0.117. The minimum absolute atomic E-state index is 0.0616. The smallest absolute Gasteiger partial charge is 0.251 e. The zero-order chi connectivity index (χ0) is 18.1. The fourth-order valence-electron chi connectivity index (χ4n) is 3.11. The summed E-state index contributed by atoms with van der Waals surface area (Å²) in [5.74, 6) is -0.0264. The molecule has 1 saturated heterocycles. The van der Waals surface area contributed by atoms with E-state index in [0.29, 0.717) is 24.9 Å². The van der Waals surface area contributed by atoms with Crippen LogP contribution in [0.4, 0.5) is 0 Å². The van der Waals surface area contributed by atoms with Crippen LogP contribution >= 0.6 is 0 Å². The van der Waals surface area contributed by atoms with Crippen molar-refractivity contribution in [2.45, 2.75) is 18.4 Å². The summed E-state index contributed by atoms with van der Waals surface area (Å²) in [5, 5.41) is 5.18. The van der Waals surface area contributed by atoms with E-state index in [1.54, 1.807) is 36.4 Å². The normalized spacial score (nSPS) is 19.9. The van der Waals surface area contributed by atoms with E-state index in [-0.39, 0.29) is 6.42 Å². The van der Waals surface area contributed by atoms with Crippen molar-refractivity contribution in [3.63, 3.8) is 0 Å². The molecule has 3 aromatic heterocycles. The molecule has 0 saturated carbocycles. The fourth-order valence-corrected chi connectivity index (χ4v) is 3.11. The first-order chi connectivity index (χ1) is 12.6. The van der Waals surface area contributed by atoms with Crippen molar-refractivity contribution in [3.05, 3.63) is 42.1 Å². The second-order valence-electron chi connectivity index (χ2n) is 6.18. The molecule has 2 N–H and O–H groups in total. The number of primary amides is 1. The van der Waals surface area contributed by atoms with Crippen molar-refractivity contribution < 1.29 is 14.3 Å². The molecule has 3 aromatic rings. The number of hydrogen-bond donors (Lipinski definition) is 1. The molecule has 26 heavy (non-hydrogen) atoms. The molecule has 1 aliphatic heterocycles. The van der Waals surface area contributed by atoms with Gasteiger partial charge in [0.05, 0.1) is 36.1 Å². The highest BCUT2D eigenvalue weighted by molar-refractivity contribution is 5.81. The molecule has 0 bridgehead atoms. The highest BCUT2D eigenvalue weighted by atomic mass is 16.5. The average molecular weight is 354 g/mol. The maximum absolute atomic E-state index is 11.2. The van der Waals surface area contributed by atoms with Gasteiger partial charge in [-0.1, -0.05) is 0 Å². The molecule has 0 spiro atoms. The molecule has 4 rings (SSSR count). The maximum Gasteiger partial charge on any atom is 0.251 e. The summed E-state index contributed by atoms with van der Waals surface area (Å²) in [6.07, 6.45) is 5.80. The number of carbonyl (C=O) groups is 1. The molecular weight excluding hydrogens is 336 g/mol. The Morgan fingerprint density at radius 2 is 2.31 bits per heavy atom. The van der Waals surface area contributed by atoms with Crippen LogP contribution < -0.4 is 5.73 Å². The van der Waals surface area contributed by atoms with E-state index < -0.39 is 11.5 Å². The van der Waals surface area contributed by atoms with Crippen molar-refractivity contribution in [2.24, 2.45) is 5.73 Å². The van der Waals surface area contributed by atoms with E-state index >= 15 is 0 Å². The second-order valence-corrected chi connectivity index (χ2v) is 6.18. The topological polar surface area (TPSA) is 118 Å². The molecular formula is C17H18N6O3. The molecule has 9 nitrogen and oxygen atoms in total. The molecule has 0 radical (unpaired) electrons. The van der Waals surface area contributed by atoms with Gasteiger partial charge >= 0.3 is 0 Å². The molecule has 1 atom stereocenters. The number of methoxy groups -OCH3 is 1. The van der Waals surface area contributed by atoms with Crippen LogP contribution in [0, 0.1) is 0 Å². The number of fused-ring (bicyclic) bond motifs is 1. The quantitative estimate of drug-likeness (QED) is 0.709. The summed E-state index contributed by atoms with van der Waals surface area (Å²) in [6.45, 7) is 1.08. The third-order valence-corrected chi connectivity index (χ3v) is 4.54. The lowest BCUT2D eigenvalue weighted by atomic mass is 9.98. The first-order valence-corrected chi connectivity index (χ1v) is 8.19. The summed E-state index contributed by atoms with van der Waals surface area (Å²) < 4.78 is 12.8. The third kappa shape index (κ3) is 2.80. The van der Waals surface area contributed by atoms with Crippen LogP contribution in [0.5, 0.6) is 0 Å². The van der Waals surface area contributed by atoms with E-state index in [0.717, 1.165) is 23.0 Å². The Balaban J connectivity index is 1.78. The second kappa shape index (κ2) is 6.43. The predicted molar refractivity (Wildman–Crippen MR) is 91.5 cm³/mol. The highest BCUT2D eigenvalue weighted by Gasteiger charge is 2.38. The number of carbonyl (C=O) groups excluding carboxylic acids is 1. The molecule has 1 aliphatic rings. The number of rotatable bonds is 5. The van der Waals surface area contributed by atoms with E-state index in [1.807, 2.05) is 6.07 Å². The van der Waals surface area contributed by atoms with Gasteiger partial charge in [0, 0.05) is 37.9 Å². The van der Waals surface area contributed by atoms with Gasteiger partial charge in [0.25, 0.3) is 5.95 Å². The van der Waals surface area contributed by atoms with Crippen LogP contribution in [0.25, 0.3) is 16.9 Å². The van der Waals surface area contributed by atoms with Crippen LogP contribution in [0.15, 0.2) is 30.7 Å². The Kier molecular flexibility index (Phi) is 4.09. The van der Waals surface area contributed by atoms with Gasteiger partial charge in [0.1, 0.15) is 5.60 Å². The Labute approximate surface area is 149 Å². The van der Waals surface area contributed by atoms with Gasteiger partial charge in [-0.05, 0) is 12.1 Å². The van der Waals surface area contributed by atoms with Gasteiger partial charge in [-0.25, -0.2) is 9.97 Å². The maximum atomic E-state index is 11.2. The van der Waals surface area contributed by atoms with Gasteiger partial charge < -0.3 is 15.2 Å². The van der Waals surface area contributed by atoms with Crippen LogP contribution in [0.2, 0.25) is 0 Å². The predicted octanol–water partition coefficient (Wildman–Crippen LogP) is 0.500. The first kappa shape index (κ1) is 16.6. The molecule has 0 aliphatic carbocycles. The molecule has 0 aromatic carbocycles. The Morgan fingerprint density at radius 1 is 1.42 bits per heavy atom. The summed E-state index contributed by atoms with van der Waals surface area (Å²) in [7, 11) is 1.65. The summed E-state index contributed by atoms with van der Waals surface area (Å²) in [5.41, 5.74) is 6.76. The monoisotopic (exact) mass is 354 g/mol. The number of nitrogens with two attached hydrogens (primary N) is 1. The average Bonchev–Trinajstić information content (AvgIpc) is 3.29. The SMILES string of the molecule is COC1(c2ccnc(-n3ncc4cnc(CC(N)=O)cc43)n2)CCOC1. The van der Waals surface area contributed by atoms with Gasteiger partial charge in [-0.2, -0.15) is 9.78 Å². The van der Waals surface area contributed by atoms with Crippen molar-refractivity contribution in [3.8, 4) is 5.95 Å². The van der Waals surface area contributed by atoms with Gasteiger partial charge in [0.15, 0.2) is 0 Å². The molecule has 1 unspecified atom stereocenters. The van der Waals surface area contributed by atoms with Crippen molar-refractivity contribution in [1.82, 2.24) is 24.7 Å². The van der Waals surface area contributed by atoms with Gasteiger partial charge in [-0.3, -0.25) is 9.78 Å². The number of ether oxygens (including phenoxy) is 2. The molecule has 1 fully saturated rings. The van der Waals surface area contributed by atoms with Crippen LogP contribution in [0.1, 0.15) is 17.8 Å². The number of aromatic nitrogens is 5. The molecule has 1 amide bonds. The zero-order valence-electron chi connectivity index (χ0n) is 14.3. The number of pyridine rings is 1. The minimum atomic E-state index is -0.570. The fraction of sp³-hybridized carbons (Fsp3) is 0.353. The van der Waals surface area contributed by atoms with Crippen molar-refractivity contribution >= 4 is 16.8 Å². The highest BCUT2D eigenvalue weighted by Crippen LogP contribution is 2.32. The Morgan fingerprint density at radius 3 is 3.04 bits per heavy atom. The Bertz CT molecular complexity index is 964. The van der Waals surface area contributed by atoms with Crippen LogP contribution in [0.3, 0.4) is 0 Å². The van der Waals surface area contributed by atoms with Gasteiger partial charge in [-0.15, -0.1) is 0 Å². The first-order valence-electron chi connectivity index (χ1n) is 8.19. The molecule has 4 heterocycles. The standard InChI is InChI=1S/C17H18N6O3/c1-25-17(3-5-26-10-17)14-2-4-19-16(22-14)23-13-6-12(7-15(18)24)20-8-11(13)9-21-23/h2,4,6,8-9H,3,5,7,10H2,1H3,(H2,18,24). The zero-order valence-corrected chi connectivity index (χ0v) is 14.3. The summed E-state index contributed by atoms with van der Waals surface area (Å²) in [6, 6.07) is 3.60. The number of hydrogen-bond acceptors (Lipinski definition) is 7. The Hall–Kier alpha value is -2.91. The van der Waals surface area contributed by atoms with Crippen LogP contribution in [-0.2, 0) is 26.3 Å². The van der Waals surface area contributed by atoms with Gasteiger partial charge in [0.2, 0.25) is 5.91 Å². The third-order valence-electron chi connectivity index (χ3n) is 4.54. The summed E-state index contributed by atoms with van der Waals surface area (Å²) in [4.78, 5) is 24.4. The van der Waals surface area contributed by atoms with E-state index in [4.69, 9.17) is 15.2 Å². The van der Waals surface area contributed by atoms with Crippen molar-refractivity contribution in [1.29, 1.82) is 0 Å². The molecule has 134 valence electrons. The van der Waals surface area contributed by atoms with Crippen LogP contribution in [-0.4, -0.2) is 51.0 Å². The largest absolute Gasteiger partial charge is 0.378 e. The lowest BCUT2D eigenvalue weighted by Gasteiger charge is -2.25. The minimum Gasteiger partial charge on any atom is -0.378 e. The summed E-state index contributed by atoms with van der Waals surface area (Å²) >= 11 is 0. The number of nitrogens with zero attached hydrogens (tertiary/aromatic N) is 5. The van der Waals surface area contributed by atoms with E-state index in [1.165, 1.54) is 0 Å².